The molecule has 1 aliphatic carbocycles. The number of hydrogen-bond acceptors (Lipinski definition) is 7. The Hall–Kier alpha value is -2.56. The van der Waals surface area contributed by atoms with Gasteiger partial charge in [-0.1, -0.05) is 6.07 Å². The molecule has 1 saturated carbocycles. The van der Waals surface area contributed by atoms with E-state index in [4.69, 9.17) is 5.73 Å². The van der Waals surface area contributed by atoms with Crippen molar-refractivity contribution in [2.24, 2.45) is 0 Å². The molecule has 0 radical (unpaired) electrons. The third kappa shape index (κ3) is 3.46. The molecule has 148 valence electrons. The summed E-state index contributed by atoms with van der Waals surface area (Å²) in [5, 5.41) is 13.8. The van der Waals surface area contributed by atoms with E-state index in [9.17, 15) is 13.5 Å². The maximum atomic E-state index is 12.9. The van der Waals surface area contributed by atoms with Gasteiger partial charge in [0.2, 0.25) is 10.0 Å². The lowest BCUT2D eigenvalue weighted by Crippen LogP contribution is -2.38. The number of nitrogens with one attached hydrogen (secondary N) is 1. The fourth-order valence-corrected chi connectivity index (χ4v) is 4.87. The second kappa shape index (κ2) is 7.12. The number of nitrogens with two attached hydrogens (primary N) is 1. The number of fused-ring (bicyclic) bond motifs is 1. The topological polar surface area (TPSA) is 136 Å². The minimum Gasteiger partial charge on any atom is -0.393 e. The molecule has 4 N–H and O–H groups in total. The maximum Gasteiger partial charge on any atom is 0.240 e. The molecule has 0 unspecified atom stereocenters. The van der Waals surface area contributed by atoms with Crippen LogP contribution in [0.1, 0.15) is 31.2 Å². The van der Waals surface area contributed by atoms with Crippen LogP contribution in [-0.4, -0.2) is 45.3 Å². The Bertz CT molecular complexity index is 1120. The zero-order chi connectivity index (χ0) is 19.9. The molecule has 28 heavy (non-hydrogen) atoms. The normalized spacial score (nSPS) is 20.5. The Balaban J connectivity index is 1.69. The molecule has 0 spiro atoms. The third-order valence-corrected chi connectivity index (χ3v) is 6.66. The van der Waals surface area contributed by atoms with Gasteiger partial charge < -0.3 is 10.8 Å². The average Bonchev–Trinajstić information content (AvgIpc) is 3.09. The van der Waals surface area contributed by atoms with E-state index in [0.29, 0.717) is 42.6 Å². The van der Waals surface area contributed by atoms with Crippen LogP contribution < -0.4 is 10.5 Å². The molecule has 1 fully saturated rings. The lowest BCUT2D eigenvalue weighted by molar-refractivity contribution is 0.120. The van der Waals surface area contributed by atoms with Crippen molar-refractivity contribution < 1.29 is 13.5 Å². The average molecular weight is 402 g/mol. The fraction of sp³-hybridized carbons (Fsp3) is 0.389. The predicted octanol–water partition coefficient (Wildman–Crippen LogP) is 1.26. The van der Waals surface area contributed by atoms with Crippen molar-refractivity contribution in [2.75, 3.05) is 5.73 Å². The zero-order valence-electron chi connectivity index (χ0n) is 15.4. The number of aliphatic hydroxyl groups is 1. The summed E-state index contributed by atoms with van der Waals surface area (Å²) in [4.78, 5) is 8.35. The van der Waals surface area contributed by atoms with Crippen molar-refractivity contribution in [2.45, 2.75) is 49.6 Å². The van der Waals surface area contributed by atoms with Crippen LogP contribution in [0.4, 0.5) is 5.82 Å². The first kappa shape index (κ1) is 18.8. The second-order valence-electron chi connectivity index (χ2n) is 7.13. The minimum atomic E-state index is -3.69. The van der Waals surface area contributed by atoms with Crippen LogP contribution in [0, 0.1) is 6.92 Å². The summed E-state index contributed by atoms with van der Waals surface area (Å²) < 4.78 is 30.1. The van der Waals surface area contributed by atoms with Gasteiger partial charge in [0.25, 0.3) is 0 Å². The molecule has 2 aromatic heterocycles. The Morgan fingerprint density at radius 2 is 1.96 bits per heavy atom. The minimum absolute atomic E-state index is 0.165. The number of imidazole rings is 1. The summed E-state index contributed by atoms with van der Waals surface area (Å²) in [5.41, 5.74) is 8.49. The molecule has 4 rings (SSSR count). The molecular weight excluding hydrogens is 380 g/mol. The summed E-state index contributed by atoms with van der Waals surface area (Å²) in [5.74, 6) is 0.254. The molecule has 0 bridgehead atoms. The third-order valence-electron chi connectivity index (χ3n) is 5.14. The highest BCUT2D eigenvalue weighted by Crippen LogP contribution is 2.28. The molecule has 3 aromatic rings. The molecule has 0 saturated heterocycles. The molecule has 10 heteroatoms. The van der Waals surface area contributed by atoms with Crippen molar-refractivity contribution in [1.82, 2.24) is 24.3 Å². The van der Waals surface area contributed by atoms with Gasteiger partial charge in [-0.05, 0) is 50.3 Å². The van der Waals surface area contributed by atoms with Crippen molar-refractivity contribution in [3.8, 4) is 11.3 Å². The number of nitrogen functional groups attached to an aromatic ring is 1. The van der Waals surface area contributed by atoms with E-state index in [1.54, 1.807) is 28.9 Å². The molecule has 0 atom stereocenters. The highest BCUT2D eigenvalue weighted by atomic mass is 32.2. The maximum absolute atomic E-state index is 12.9. The van der Waals surface area contributed by atoms with Gasteiger partial charge in [0.15, 0.2) is 11.5 Å². The van der Waals surface area contributed by atoms with Crippen LogP contribution in [0.15, 0.2) is 35.6 Å². The van der Waals surface area contributed by atoms with Crippen molar-refractivity contribution in [1.29, 1.82) is 0 Å². The van der Waals surface area contributed by atoms with E-state index in [0.717, 1.165) is 5.56 Å². The van der Waals surface area contributed by atoms with E-state index < -0.39 is 10.0 Å². The van der Waals surface area contributed by atoms with Crippen molar-refractivity contribution in [3.63, 3.8) is 0 Å². The Labute approximate surface area is 162 Å². The van der Waals surface area contributed by atoms with Gasteiger partial charge in [0.1, 0.15) is 6.33 Å². The first-order chi connectivity index (χ1) is 13.3. The quantitative estimate of drug-likeness (QED) is 0.598. The molecule has 9 nitrogen and oxygen atoms in total. The number of nitrogens with zero attached hydrogens (tertiary/aromatic N) is 4. The van der Waals surface area contributed by atoms with Crippen LogP contribution in [0.5, 0.6) is 0 Å². The number of aromatic nitrogens is 4. The summed E-state index contributed by atoms with van der Waals surface area (Å²) in [7, 11) is -3.69. The van der Waals surface area contributed by atoms with Gasteiger partial charge in [-0.25, -0.2) is 27.6 Å². The summed E-state index contributed by atoms with van der Waals surface area (Å²) in [6.07, 6.45) is 5.07. The lowest BCUT2D eigenvalue weighted by atomic mass is 9.94. The van der Waals surface area contributed by atoms with Crippen molar-refractivity contribution >= 4 is 21.5 Å². The predicted molar refractivity (Wildman–Crippen MR) is 104 cm³/mol. The first-order valence-electron chi connectivity index (χ1n) is 9.11. The molecule has 0 aliphatic heterocycles. The van der Waals surface area contributed by atoms with E-state index in [1.807, 2.05) is 6.92 Å². The smallest absolute Gasteiger partial charge is 0.240 e. The standard InChI is InChI=1S/C18H22N6O3S/c1-11-2-7-14(28(26,27)23-12-3-5-13(25)6-4-12)8-15(11)16-9-20-18-17(19)21-10-22-24(16)18/h2,7-10,12-13,23,25H,3-6H2,1H3,(H2,19,21,22)/t12-,13-. The first-order valence-corrected chi connectivity index (χ1v) is 10.6. The van der Waals surface area contributed by atoms with Gasteiger partial charge >= 0.3 is 0 Å². The SMILES string of the molecule is Cc1ccc(S(=O)(=O)N[C@H]2CC[C@H](O)CC2)cc1-c1cnc2c(N)ncnn12. The van der Waals surface area contributed by atoms with Gasteiger partial charge in [-0.15, -0.1) is 0 Å². The van der Waals surface area contributed by atoms with Crippen LogP contribution in [-0.2, 0) is 10.0 Å². The number of anilines is 1. The van der Waals surface area contributed by atoms with Crippen LogP contribution in [0.3, 0.4) is 0 Å². The van der Waals surface area contributed by atoms with Crippen LogP contribution in [0.25, 0.3) is 16.9 Å². The number of sulfonamides is 1. The van der Waals surface area contributed by atoms with Gasteiger partial charge in [0, 0.05) is 11.6 Å². The number of aliphatic hydroxyl groups excluding tert-OH is 1. The molecule has 2 heterocycles. The highest BCUT2D eigenvalue weighted by Gasteiger charge is 2.25. The Morgan fingerprint density at radius 1 is 1.21 bits per heavy atom. The summed E-state index contributed by atoms with van der Waals surface area (Å²) in [6, 6.07) is 4.81. The number of benzene rings is 1. The second-order valence-corrected chi connectivity index (χ2v) is 8.84. The van der Waals surface area contributed by atoms with Gasteiger partial charge in [-0.2, -0.15) is 5.10 Å². The number of aryl methyl sites for hydroxylation is 1. The van der Waals surface area contributed by atoms with Gasteiger partial charge in [0.05, 0.1) is 22.9 Å². The van der Waals surface area contributed by atoms with E-state index >= 15 is 0 Å². The fourth-order valence-electron chi connectivity index (χ4n) is 3.54. The molecule has 0 amide bonds. The molecule has 1 aromatic carbocycles. The van der Waals surface area contributed by atoms with E-state index in [-0.39, 0.29) is 22.9 Å². The zero-order valence-corrected chi connectivity index (χ0v) is 16.2. The van der Waals surface area contributed by atoms with E-state index in [2.05, 4.69) is 19.8 Å². The summed E-state index contributed by atoms with van der Waals surface area (Å²) >= 11 is 0. The number of hydrogen-bond donors (Lipinski definition) is 3. The largest absolute Gasteiger partial charge is 0.393 e. The number of rotatable bonds is 4. The Morgan fingerprint density at radius 3 is 2.71 bits per heavy atom. The monoisotopic (exact) mass is 402 g/mol. The molecular formula is C18H22N6O3S. The van der Waals surface area contributed by atoms with Crippen LogP contribution in [0.2, 0.25) is 0 Å². The Kier molecular flexibility index (Phi) is 4.77. The van der Waals surface area contributed by atoms with Crippen molar-refractivity contribution in [3.05, 3.63) is 36.3 Å². The van der Waals surface area contributed by atoms with Crippen LogP contribution >= 0.6 is 0 Å². The van der Waals surface area contributed by atoms with E-state index in [1.165, 1.54) is 6.33 Å². The highest BCUT2D eigenvalue weighted by molar-refractivity contribution is 7.89. The lowest BCUT2D eigenvalue weighted by Gasteiger charge is -2.26. The summed E-state index contributed by atoms with van der Waals surface area (Å²) in [6.45, 7) is 1.89. The van der Waals surface area contributed by atoms with Gasteiger partial charge in [-0.3, -0.25) is 0 Å². The molecule has 1 aliphatic rings.